The highest BCUT2D eigenvalue weighted by atomic mass is 35.5. The molecule has 1 aromatic carbocycles. The quantitative estimate of drug-likeness (QED) is 0.705. The number of aromatic nitrogens is 2. The fourth-order valence-electron chi connectivity index (χ4n) is 1.91. The van der Waals surface area contributed by atoms with E-state index in [9.17, 15) is 4.79 Å². The second-order valence-corrected chi connectivity index (χ2v) is 8.36. The lowest BCUT2D eigenvalue weighted by Crippen LogP contribution is -2.22. The molecule has 2 N–H and O–H groups in total. The van der Waals surface area contributed by atoms with E-state index in [0.717, 1.165) is 9.47 Å². The summed E-state index contributed by atoms with van der Waals surface area (Å²) >= 11 is 8.93. The van der Waals surface area contributed by atoms with E-state index in [1.165, 1.54) is 35.9 Å². The van der Waals surface area contributed by atoms with Crippen molar-refractivity contribution in [2.45, 2.75) is 35.4 Å². The number of thioether (sulfide) groups is 1. The number of methoxy groups -OCH3 is 1. The second kappa shape index (κ2) is 7.58. The number of hydrogen-bond donors (Lipinski definition) is 2. The van der Waals surface area contributed by atoms with Gasteiger partial charge in [0, 0.05) is 11.7 Å². The first-order chi connectivity index (χ1) is 11.5. The van der Waals surface area contributed by atoms with E-state index in [1.807, 2.05) is 6.92 Å². The molecular formula is C15H17ClN4O2S2. The lowest BCUT2D eigenvalue weighted by Gasteiger charge is -2.11. The van der Waals surface area contributed by atoms with Crippen molar-refractivity contribution in [2.75, 3.05) is 17.7 Å². The molecule has 9 heteroatoms. The minimum absolute atomic E-state index is 0.117. The molecule has 24 heavy (non-hydrogen) atoms. The van der Waals surface area contributed by atoms with E-state index >= 15 is 0 Å². The molecule has 0 unspecified atom stereocenters. The summed E-state index contributed by atoms with van der Waals surface area (Å²) in [7, 11) is 1.55. The molecule has 0 radical (unpaired) electrons. The van der Waals surface area contributed by atoms with Gasteiger partial charge in [-0.05, 0) is 38.0 Å². The van der Waals surface area contributed by atoms with Crippen LogP contribution in [0.15, 0.2) is 22.5 Å². The van der Waals surface area contributed by atoms with Gasteiger partial charge in [0.15, 0.2) is 4.34 Å². The fourth-order valence-corrected chi connectivity index (χ4v) is 4.14. The van der Waals surface area contributed by atoms with Crippen molar-refractivity contribution in [1.82, 2.24) is 10.2 Å². The lowest BCUT2D eigenvalue weighted by molar-refractivity contribution is -0.115. The Hall–Kier alpha value is -1.51. The van der Waals surface area contributed by atoms with Crippen molar-refractivity contribution >= 4 is 51.4 Å². The highest BCUT2D eigenvalue weighted by molar-refractivity contribution is 8.02. The molecule has 6 nitrogen and oxygen atoms in total. The van der Waals surface area contributed by atoms with Gasteiger partial charge < -0.3 is 15.4 Å². The maximum absolute atomic E-state index is 12.3. The number of carbonyl (C=O) groups excluding carboxylic acids is 1. The number of carbonyl (C=O) groups is 1. The van der Waals surface area contributed by atoms with Gasteiger partial charge in [-0.3, -0.25) is 4.79 Å². The number of benzene rings is 1. The van der Waals surface area contributed by atoms with Crippen LogP contribution in [0.2, 0.25) is 5.02 Å². The summed E-state index contributed by atoms with van der Waals surface area (Å²) in [6.07, 6.45) is 2.37. The van der Waals surface area contributed by atoms with Gasteiger partial charge in [0.2, 0.25) is 11.0 Å². The smallest absolute Gasteiger partial charge is 0.237 e. The van der Waals surface area contributed by atoms with Crippen molar-refractivity contribution in [3.05, 3.63) is 23.2 Å². The number of anilines is 2. The zero-order valence-electron chi connectivity index (χ0n) is 13.2. The summed E-state index contributed by atoms with van der Waals surface area (Å²) in [5, 5.41) is 15.3. The molecule has 1 aliphatic rings. The molecule has 2 aromatic rings. The molecule has 1 fully saturated rings. The van der Waals surface area contributed by atoms with Crippen LogP contribution in [0.25, 0.3) is 0 Å². The summed E-state index contributed by atoms with van der Waals surface area (Å²) in [4.78, 5) is 12.3. The molecule has 1 saturated carbocycles. The van der Waals surface area contributed by atoms with Crippen molar-refractivity contribution in [2.24, 2.45) is 0 Å². The Balaban J connectivity index is 1.55. The predicted octanol–water partition coefficient (Wildman–Crippen LogP) is 3.89. The van der Waals surface area contributed by atoms with Crippen LogP contribution in [0.4, 0.5) is 10.8 Å². The highest BCUT2D eigenvalue weighted by Gasteiger charge is 2.23. The molecule has 128 valence electrons. The Morgan fingerprint density at radius 2 is 2.25 bits per heavy atom. The van der Waals surface area contributed by atoms with Crippen molar-refractivity contribution in [3.8, 4) is 5.75 Å². The Labute approximate surface area is 153 Å². The molecule has 1 aromatic heterocycles. The van der Waals surface area contributed by atoms with E-state index in [1.54, 1.807) is 25.3 Å². The van der Waals surface area contributed by atoms with Gasteiger partial charge in [-0.25, -0.2) is 0 Å². The molecule has 3 rings (SSSR count). The first-order valence-electron chi connectivity index (χ1n) is 7.46. The van der Waals surface area contributed by atoms with E-state index in [0.29, 0.717) is 22.5 Å². The summed E-state index contributed by atoms with van der Waals surface area (Å²) in [6, 6.07) is 5.67. The van der Waals surface area contributed by atoms with Gasteiger partial charge in [0.1, 0.15) is 5.75 Å². The number of ether oxygens (including phenoxy) is 1. The number of halogens is 1. The fraction of sp³-hybridized carbons (Fsp3) is 0.400. The van der Waals surface area contributed by atoms with Crippen molar-refractivity contribution < 1.29 is 9.53 Å². The standard InChI is InChI=1S/C15H17ClN4O2S2/c1-8(23-15-20-19-14(24-15)18-9-3-4-9)13(21)17-10-5-6-12(22-2)11(16)7-10/h5-9H,3-4H2,1-2H3,(H,17,21)(H,18,19)/t8-/m1/s1. The Kier molecular flexibility index (Phi) is 5.47. The van der Waals surface area contributed by atoms with Gasteiger partial charge in [0.05, 0.1) is 17.4 Å². The maximum atomic E-state index is 12.3. The first kappa shape index (κ1) is 17.3. The Morgan fingerprint density at radius 1 is 1.46 bits per heavy atom. The van der Waals surface area contributed by atoms with Gasteiger partial charge in [-0.15, -0.1) is 10.2 Å². The summed E-state index contributed by atoms with van der Waals surface area (Å²) < 4.78 is 5.87. The van der Waals surface area contributed by atoms with Gasteiger partial charge in [-0.1, -0.05) is 34.7 Å². The van der Waals surface area contributed by atoms with Crippen LogP contribution >= 0.6 is 34.7 Å². The van der Waals surface area contributed by atoms with E-state index in [2.05, 4.69) is 20.8 Å². The monoisotopic (exact) mass is 384 g/mol. The van der Waals surface area contributed by atoms with Gasteiger partial charge >= 0.3 is 0 Å². The summed E-state index contributed by atoms with van der Waals surface area (Å²) in [6.45, 7) is 1.83. The van der Waals surface area contributed by atoms with Crippen LogP contribution in [-0.2, 0) is 4.79 Å². The Morgan fingerprint density at radius 3 is 2.92 bits per heavy atom. The van der Waals surface area contributed by atoms with Crippen molar-refractivity contribution in [3.63, 3.8) is 0 Å². The van der Waals surface area contributed by atoms with Gasteiger partial charge in [-0.2, -0.15) is 0 Å². The zero-order chi connectivity index (χ0) is 17.1. The number of nitrogens with one attached hydrogen (secondary N) is 2. The topological polar surface area (TPSA) is 76.1 Å². The molecule has 0 spiro atoms. The molecule has 0 saturated heterocycles. The van der Waals surface area contributed by atoms with Crippen LogP contribution < -0.4 is 15.4 Å². The van der Waals surface area contributed by atoms with E-state index < -0.39 is 0 Å². The average Bonchev–Trinajstić information content (AvgIpc) is 3.26. The molecule has 1 aliphatic carbocycles. The molecule has 0 bridgehead atoms. The van der Waals surface area contributed by atoms with Gasteiger partial charge in [0.25, 0.3) is 0 Å². The third-order valence-electron chi connectivity index (χ3n) is 3.38. The number of hydrogen-bond acceptors (Lipinski definition) is 7. The second-order valence-electron chi connectivity index (χ2n) is 5.39. The minimum Gasteiger partial charge on any atom is -0.495 e. The molecule has 1 heterocycles. The highest BCUT2D eigenvalue weighted by Crippen LogP contribution is 2.33. The van der Waals surface area contributed by atoms with E-state index in [-0.39, 0.29) is 11.2 Å². The number of nitrogens with zero attached hydrogens (tertiary/aromatic N) is 2. The first-order valence-corrected chi connectivity index (χ1v) is 9.53. The molecule has 1 atom stereocenters. The molecule has 1 amide bonds. The molecular weight excluding hydrogens is 368 g/mol. The predicted molar refractivity (Wildman–Crippen MR) is 98.5 cm³/mol. The third-order valence-corrected chi connectivity index (χ3v) is 5.71. The number of rotatable bonds is 7. The van der Waals surface area contributed by atoms with E-state index in [4.69, 9.17) is 16.3 Å². The summed E-state index contributed by atoms with van der Waals surface area (Å²) in [5.41, 5.74) is 0.631. The maximum Gasteiger partial charge on any atom is 0.237 e. The van der Waals surface area contributed by atoms with Crippen LogP contribution in [-0.4, -0.2) is 34.5 Å². The average molecular weight is 385 g/mol. The Bertz CT molecular complexity index is 736. The number of amides is 1. The lowest BCUT2D eigenvalue weighted by atomic mass is 10.3. The third kappa shape index (κ3) is 4.52. The molecule has 0 aliphatic heterocycles. The summed E-state index contributed by atoms with van der Waals surface area (Å²) in [5.74, 6) is 0.453. The van der Waals surface area contributed by atoms with Crippen LogP contribution in [0, 0.1) is 0 Å². The van der Waals surface area contributed by atoms with Crippen LogP contribution in [0.1, 0.15) is 19.8 Å². The zero-order valence-corrected chi connectivity index (χ0v) is 15.6. The van der Waals surface area contributed by atoms with Crippen molar-refractivity contribution in [1.29, 1.82) is 0 Å². The largest absolute Gasteiger partial charge is 0.495 e. The SMILES string of the molecule is COc1ccc(NC(=O)[C@@H](C)Sc2nnc(NC3CC3)s2)cc1Cl. The van der Waals surface area contributed by atoms with Crippen LogP contribution in [0.5, 0.6) is 5.75 Å². The minimum atomic E-state index is -0.299. The normalized spacial score (nSPS) is 15.0. The van der Waals surface area contributed by atoms with Crippen LogP contribution in [0.3, 0.4) is 0 Å².